The molecule has 0 radical (unpaired) electrons. The topological polar surface area (TPSA) is 117 Å². The molecule has 3 rings (SSSR count). The zero-order chi connectivity index (χ0) is 16.6. The number of fused-ring (bicyclic) bond motifs is 1. The van der Waals surface area contributed by atoms with Crippen LogP contribution in [0, 0.1) is 0 Å². The highest BCUT2D eigenvalue weighted by molar-refractivity contribution is 7.90. The molecule has 2 aromatic rings. The Bertz CT molecular complexity index is 847. The standard InChI is InChI=1S/C13H17N5O4S/c1-14-23(21,22)9-3-2-6-17(8-9)12-10-4-5-16-18(10)11(7-15-12)13(19)20/h4-5,7,9,14H,2-3,6,8H2,1H3,(H,19,20). The number of aromatic carboxylic acids is 1. The molecule has 1 fully saturated rings. The Morgan fingerprint density at radius 3 is 2.96 bits per heavy atom. The van der Waals surface area contributed by atoms with Gasteiger partial charge in [-0.2, -0.15) is 5.10 Å². The normalized spacial score (nSPS) is 19.2. The Morgan fingerprint density at radius 2 is 2.26 bits per heavy atom. The van der Waals surface area contributed by atoms with Gasteiger partial charge in [0.15, 0.2) is 11.5 Å². The van der Waals surface area contributed by atoms with Crippen molar-refractivity contribution >= 4 is 27.3 Å². The van der Waals surface area contributed by atoms with E-state index in [1.54, 1.807) is 6.07 Å². The van der Waals surface area contributed by atoms with Gasteiger partial charge in [-0.05, 0) is 26.0 Å². The molecule has 1 atom stereocenters. The van der Waals surface area contributed by atoms with Crippen molar-refractivity contribution in [2.45, 2.75) is 18.1 Å². The number of carboxylic acid groups (broad SMARTS) is 1. The van der Waals surface area contributed by atoms with Crippen LogP contribution in [0.1, 0.15) is 23.3 Å². The van der Waals surface area contributed by atoms with Crippen molar-refractivity contribution < 1.29 is 18.3 Å². The van der Waals surface area contributed by atoms with E-state index in [9.17, 15) is 18.3 Å². The molecule has 1 unspecified atom stereocenters. The molecule has 9 nitrogen and oxygen atoms in total. The summed E-state index contributed by atoms with van der Waals surface area (Å²) in [6.07, 6.45) is 4.04. The lowest BCUT2D eigenvalue weighted by atomic mass is 10.1. The Kier molecular flexibility index (Phi) is 3.94. The van der Waals surface area contributed by atoms with Gasteiger partial charge < -0.3 is 10.0 Å². The summed E-state index contributed by atoms with van der Waals surface area (Å²) in [5.74, 6) is -0.574. The summed E-state index contributed by atoms with van der Waals surface area (Å²) >= 11 is 0. The van der Waals surface area contributed by atoms with Crippen LogP contribution in [0.3, 0.4) is 0 Å². The molecule has 2 N–H and O–H groups in total. The first-order valence-corrected chi connectivity index (χ1v) is 8.72. The van der Waals surface area contributed by atoms with Crippen LogP contribution in [-0.4, -0.2) is 59.5 Å². The number of piperidine rings is 1. The SMILES string of the molecule is CNS(=O)(=O)C1CCCN(c2ncc(C(=O)O)n3nccc23)C1. The molecule has 1 aliphatic rings. The number of rotatable bonds is 4. The summed E-state index contributed by atoms with van der Waals surface area (Å²) in [7, 11) is -1.95. The van der Waals surface area contributed by atoms with Crippen molar-refractivity contribution in [2.24, 2.45) is 0 Å². The van der Waals surface area contributed by atoms with Crippen molar-refractivity contribution in [2.75, 3.05) is 25.0 Å². The molecule has 124 valence electrons. The van der Waals surface area contributed by atoms with E-state index in [0.717, 1.165) is 0 Å². The second kappa shape index (κ2) is 5.78. The third-order valence-corrected chi connectivity index (χ3v) is 5.86. The van der Waals surface area contributed by atoms with Gasteiger partial charge in [0.05, 0.1) is 17.6 Å². The lowest BCUT2D eigenvalue weighted by Crippen LogP contribution is -2.46. The number of nitrogens with zero attached hydrogens (tertiary/aromatic N) is 4. The molecule has 1 saturated heterocycles. The van der Waals surface area contributed by atoms with Gasteiger partial charge in [0.25, 0.3) is 0 Å². The van der Waals surface area contributed by atoms with E-state index in [0.29, 0.717) is 37.3 Å². The number of aromatic nitrogens is 3. The highest BCUT2D eigenvalue weighted by atomic mass is 32.2. The number of nitrogens with one attached hydrogen (secondary N) is 1. The minimum absolute atomic E-state index is 0.0369. The Hall–Kier alpha value is -2.20. The summed E-state index contributed by atoms with van der Waals surface area (Å²) in [6, 6.07) is 1.67. The third-order valence-electron chi connectivity index (χ3n) is 4.03. The van der Waals surface area contributed by atoms with Crippen LogP contribution in [0.25, 0.3) is 5.52 Å². The number of hydrogen-bond donors (Lipinski definition) is 2. The quantitative estimate of drug-likeness (QED) is 0.801. The number of hydrogen-bond acceptors (Lipinski definition) is 6. The van der Waals surface area contributed by atoms with Gasteiger partial charge in [0, 0.05) is 13.1 Å². The lowest BCUT2D eigenvalue weighted by molar-refractivity contribution is 0.0687. The largest absolute Gasteiger partial charge is 0.476 e. The average molecular weight is 339 g/mol. The molecular formula is C13H17N5O4S. The van der Waals surface area contributed by atoms with Crippen molar-refractivity contribution in [1.82, 2.24) is 19.3 Å². The zero-order valence-electron chi connectivity index (χ0n) is 12.5. The maximum absolute atomic E-state index is 12.0. The lowest BCUT2D eigenvalue weighted by Gasteiger charge is -2.33. The minimum atomic E-state index is -3.36. The number of anilines is 1. The maximum Gasteiger partial charge on any atom is 0.356 e. The first-order chi connectivity index (χ1) is 10.9. The second-order valence-corrected chi connectivity index (χ2v) is 7.52. The van der Waals surface area contributed by atoms with Crippen molar-refractivity contribution in [3.8, 4) is 0 Å². The molecular weight excluding hydrogens is 322 g/mol. The summed E-state index contributed by atoms with van der Waals surface area (Å²) < 4.78 is 27.7. The Labute approximate surface area is 133 Å². The summed E-state index contributed by atoms with van der Waals surface area (Å²) in [4.78, 5) is 17.3. The molecule has 0 saturated carbocycles. The zero-order valence-corrected chi connectivity index (χ0v) is 13.3. The van der Waals surface area contributed by atoms with E-state index in [1.807, 2.05) is 4.90 Å². The van der Waals surface area contributed by atoms with E-state index in [4.69, 9.17) is 0 Å². The average Bonchev–Trinajstić information content (AvgIpc) is 3.03. The van der Waals surface area contributed by atoms with Gasteiger partial charge >= 0.3 is 5.97 Å². The molecule has 0 amide bonds. The number of sulfonamides is 1. The van der Waals surface area contributed by atoms with Crippen LogP contribution in [0.2, 0.25) is 0 Å². The smallest absolute Gasteiger partial charge is 0.356 e. The summed E-state index contributed by atoms with van der Waals surface area (Å²) in [5, 5.41) is 12.7. The number of carboxylic acids is 1. The maximum atomic E-state index is 12.0. The van der Waals surface area contributed by atoms with Crippen LogP contribution in [-0.2, 0) is 10.0 Å². The van der Waals surface area contributed by atoms with Crippen LogP contribution < -0.4 is 9.62 Å². The van der Waals surface area contributed by atoms with E-state index < -0.39 is 21.2 Å². The molecule has 23 heavy (non-hydrogen) atoms. The van der Waals surface area contributed by atoms with Crippen LogP contribution >= 0.6 is 0 Å². The van der Waals surface area contributed by atoms with E-state index >= 15 is 0 Å². The molecule has 0 aromatic carbocycles. The van der Waals surface area contributed by atoms with Crippen LogP contribution in [0.5, 0.6) is 0 Å². The molecule has 1 aliphatic heterocycles. The first kappa shape index (κ1) is 15.7. The van der Waals surface area contributed by atoms with Crippen molar-refractivity contribution in [3.05, 3.63) is 24.2 Å². The summed E-state index contributed by atoms with van der Waals surface area (Å²) in [5.41, 5.74) is 0.512. The van der Waals surface area contributed by atoms with Gasteiger partial charge in [0.2, 0.25) is 10.0 Å². The van der Waals surface area contributed by atoms with Gasteiger partial charge in [-0.1, -0.05) is 0 Å². The van der Waals surface area contributed by atoms with Gasteiger partial charge in [-0.3, -0.25) is 0 Å². The molecule has 0 spiro atoms. The van der Waals surface area contributed by atoms with Crippen molar-refractivity contribution in [3.63, 3.8) is 0 Å². The van der Waals surface area contributed by atoms with E-state index in [1.165, 1.54) is 24.0 Å². The van der Waals surface area contributed by atoms with Gasteiger partial charge in [-0.25, -0.2) is 27.4 Å². The molecule has 2 aromatic heterocycles. The van der Waals surface area contributed by atoms with Gasteiger partial charge in [0.1, 0.15) is 5.52 Å². The monoisotopic (exact) mass is 339 g/mol. The fourth-order valence-electron chi connectivity index (χ4n) is 2.85. The van der Waals surface area contributed by atoms with Gasteiger partial charge in [-0.15, -0.1) is 0 Å². The third kappa shape index (κ3) is 2.75. The molecule has 0 bridgehead atoms. The second-order valence-electron chi connectivity index (χ2n) is 5.36. The van der Waals surface area contributed by atoms with Crippen molar-refractivity contribution in [1.29, 1.82) is 0 Å². The molecule has 0 aliphatic carbocycles. The highest BCUT2D eigenvalue weighted by Crippen LogP contribution is 2.25. The fraction of sp³-hybridized carbons (Fsp3) is 0.462. The predicted molar refractivity (Wildman–Crippen MR) is 83.2 cm³/mol. The van der Waals surface area contributed by atoms with E-state index in [2.05, 4.69) is 14.8 Å². The van der Waals surface area contributed by atoms with E-state index in [-0.39, 0.29) is 5.69 Å². The van der Waals surface area contributed by atoms with Crippen LogP contribution in [0.4, 0.5) is 5.82 Å². The predicted octanol–water partition coefficient (Wildman–Crippen LogP) is -0.0545. The minimum Gasteiger partial charge on any atom is -0.476 e. The molecule has 3 heterocycles. The fourth-order valence-corrected chi connectivity index (χ4v) is 4.03. The highest BCUT2D eigenvalue weighted by Gasteiger charge is 2.31. The Morgan fingerprint density at radius 1 is 1.48 bits per heavy atom. The summed E-state index contributed by atoms with van der Waals surface area (Å²) in [6.45, 7) is 0.972. The molecule has 10 heteroatoms. The first-order valence-electron chi connectivity index (χ1n) is 7.17. The Balaban J connectivity index is 1.99. The van der Waals surface area contributed by atoms with Crippen LogP contribution in [0.15, 0.2) is 18.5 Å². The number of carbonyl (C=O) groups is 1.